The number of alkyl halides is 3. The highest BCUT2D eigenvalue weighted by atomic mass is 19.4. The normalized spacial score (nSPS) is 11.2. The molecule has 0 aliphatic heterocycles. The van der Waals surface area contributed by atoms with Gasteiger partial charge >= 0.3 is 6.18 Å². The molecule has 0 saturated heterocycles. The summed E-state index contributed by atoms with van der Waals surface area (Å²) in [6, 6.07) is 7.86. The van der Waals surface area contributed by atoms with Gasteiger partial charge in [-0.25, -0.2) is 4.98 Å². The van der Waals surface area contributed by atoms with Gasteiger partial charge in [-0.05, 0) is 36.8 Å². The Bertz CT molecular complexity index is 701. The molecular formula is C17H18F3N3O. The third-order valence-electron chi connectivity index (χ3n) is 3.30. The van der Waals surface area contributed by atoms with E-state index in [0.29, 0.717) is 17.9 Å². The van der Waals surface area contributed by atoms with Crippen molar-refractivity contribution in [3.8, 4) is 0 Å². The molecule has 4 nitrogen and oxygen atoms in total. The summed E-state index contributed by atoms with van der Waals surface area (Å²) in [7, 11) is 0. The number of halogens is 3. The van der Waals surface area contributed by atoms with E-state index in [1.807, 2.05) is 6.92 Å². The molecule has 0 unspecified atom stereocenters. The van der Waals surface area contributed by atoms with E-state index in [0.717, 1.165) is 25.0 Å². The van der Waals surface area contributed by atoms with Crippen molar-refractivity contribution in [1.29, 1.82) is 0 Å². The lowest BCUT2D eigenvalue weighted by atomic mass is 10.2. The van der Waals surface area contributed by atoms with Gasteiger partial charge in [0.15, 0.2) is 0 Å². The maximum absolute atomic E-state index is 12.7. The van der Waals surface area contributed by atoms with Gasteiger partial charge in [0.2, 0.25) is 0 Å². The molecule has 2 N–H and O–H groups in total. The Morgan fingerprint density at radius 1 is 1.21 bits per heavy atom. The number of anilines is 2. The largest absolute Gasteiger partial charge is 0.416 e. The number of unbranched alkanes of at least 4 members (excludes halogenated alkanes) is 1. The van der Waals surface area contributed by atoms with Crippen molar-refractivity contribution in [2.45, 2.75) is 25.9 Å². The summed E-state index contributed by atoms with van der Waals surface area (Å²) in [5, 5.41) is 5.56. The summed E-state index contributed by atoms with van der Waals surface area (Å²) in [6.07, 6.45) is -1.12. The zero-order chi connectivity index (χ0) is 17.6. The van der Waals surface area contributed by atoms with Gasteiger partial charge in [0, 0.05) is 24.0 Å². The van der Waals surface area contributed by atoms with E-state index in [2.05, 4.69) is 15.6 Å². The molecule has 0 fully saturated rings. The number of amides is 1. The standard InChI is InChI=1S/C17H18F3N3O/c1-2-3-8-22-16(24)12-7-9-21-15(10-12)23-14-6-4-5-13(11-14)17(18,19)20/h4-7,9-11H,2-3,8H2,1H3,(H,21,23)(H,22,24). The van der Waals surface area contributed by atoms with Crippen LogP contribution < -0.4 is 10.6 Å². The van der Waals surface area contributed by atoms with Crippen molar-refractivity contribution in [3.05, 3.63) is 53.7 Å². The Kier molecular flexibility index (Phi) is 5.78. The second kappa shape index (κ2) is 7.81. The van der Waals surface area contributed by atoms with Gasteiger partial charge in [-0.1, -0.05) is 19.4 Å². The van der Waals surface area contributed by atoms with Gasteiger partial charge in [0.05, 0.1) is 5.56 Å². The molecule has 0 radical (unpaired) electrons. The lowest BCUT2D eigenvalue weighted by Gasteiger charge is -2.11. The Balaban J connectivity index is 2.11. The van der Waals surface area contributed by atoms with E-state index in [4.69, 9.17) is 0 Å². The first-order valence-electron chi connectivity index (χ1n) is 7.58. The van der Waals surface area contributed by atoms with Crippen LogP contribution in [0.3, 0.4) is 0 Å². The van der Waals surface area contributed by atoms with Gasteiger partial charge < -0.3 is 10.6 Å². The third kappa shape index (κ3) is 4.97. The first-order valence-corrected chi connectivity index (χ1v) is 7.58. The van der Waals surface area contributed by atoms with E-state index in [-0.39, 0.29) is 11.6 Å². The number of pyridine rings is 1. The summed E-state index contributed by atoms with van der Waals surface area (Å²) in [6.45, 7) is 2.60. The van der Waals surface area contributed by atoms with Crippen molar-refractivity contribution in [2.75, 3.05) is 11.9 Å². The zero-order valence-electron chi connectivity index (χ0n) is 13.2. The summed E-state index contributed by atoms with van der Waals surface area (Å²) in [5.41, 5.74) is -0.0996. The van der Waals surface area contributed by atoms with Crippen LogP contribution in [-0.4, -0.2) is 17.4 Å². The second-order valence-electron chi connectivity index (χ2n) is 5.24. The van der Waals surface area contributed by atoms with Crippen LogP contribution in [-0.2, 0) is 6.18 Å². The predicted octanol–water partition coefficient (Wildman–Crippen LogP) is 4.37. The molecule has 128 valence electrons. The Hall–Kier alpha value is -2.57. The average Bonchev–Trinajstić information content (AvgIpc) is 2.55. The minimum Gasteiger partial charge on any atom is -0.352 e. The molecule has 2 rings (SSSR count). The molecule has 1 amide bonds. The number of benzene rings is 1. The van der Waals surface area contributed by atoms with E-state index in [1.165, 1.54) is 24.4 Å². The van der Waals surface area contributed by atoms with E-state index >= 15 is 0 Å². The SMILES string of the molecule is CCCCNC(=O)c1ccnc(Nc2cccc(C(F)(F)F)c2)c1. The molecular weight excluding hydrogens is 319 g/mol. The highest BCUT2D eigenvalue weighted by molar-refractivity contribution is 5.94. The highest BCUT2D eigenvalue weighted by Crippen LogP contribution is 2.31. The summed E-state index contributed by atoms with van der Waals surface area (Å²) in [4.78, 5) is 16.0. The fraction of sp³-hybridized carbons (Fsp3) is 0.294. The lowest BCUT2D eigenvalue weighted by molar-refractivity contribution is -0.137. The molecule has 0 saturated carbocycles. The van der Waals surface area contributed by atoms with Crippen LogP contribution in [0, 0.1) is 0 Å². The lowest BCUT2D eigenvalue weighted by Crippen LogP contribution is -2.24. The van der Waals surface area contributed by atoms with Gasteiger partial charge in [-0.15, -0.1) is 0 Å². The molecule has 0 spiro atoms. The van der Waals surface area contributed by atoms with Gasteiger partial charge in [-0.2, -0.15) is 13.2 Å². The van der Waals surface area contributed by atoms with Crippen molar-refractivity contribution in [1.82, 2.24) is 10.3 Å². The first kappa shape index (κ1) is 17.8. The molecule has 1 aromatic carbocycles. The second-order valence-corrected chi connectivity index (χ2v) is 5.24. The molecule has 0 atom stereocenters. The Morgan fingerprint density at radius 2 is 2.00 bits per heavy atom. The van der Waals surface area contributed by atoms with Crippen LogP contribution in [0.5, 0.6) is 0 Å². The number of aromatic nitrogens is 1. The van der Waals surface area contributed by atoms with Crippen LogP contribution in [0.2, 0.25) is 0 Å². The predicted molar refractivity (Wildman–Crippen MR) is 86.2 cm³/mol. The average molecular weight is 337 g/mol. The van der Waals surface area contributed by atoms with Crippen LogP contribution in [0.25, 0.3) is 0 Å². The summed E-state index contributed by atoms with van der Waals surface area (Å²) < 4.78 is 38.2. The zero-order valence-corrected chi connectivity index (χ0v) is 13.2. The Morgan fingerprint density at radius 3 is 2.71 bits per heavy atom. The quantitative estimate of drug-likeness (QED) is 0.770. The van der Waals surface area contributed by atoms with Crippen LogP contribution >= 0.6 is 0 Å². The van der Waals surface area contributed by atoms with Gasteiger partial charge in [0.1, 0.15) is 5.82 Å². The molecule has 24 heavy (non-hydrogen) atoms. The van der Waals surface area contributed by atoms with Crippen molar-refractivity contribution < 1.29 is 18.0 Å². The Labute approximate surface area is 138 Å². The first-order chi connectivity index (χ1) is 11.4. The maximum Gasteiger partial charge on any atom is 0.416 e. The number of carbonyl (C=O) groups is 1. The van der Waals surface area contributed by atoms with Crippen molar-refractivity contribution in [3.63, 3.8) is 0 Å². The topological polar surface area (TPSA) is 54.0 Å². The molecule has 0 aliphatic rings. The van der Waals surface area contributed by atoms with Crippen LogP contribution in [0.4, 0.5) is 24.7 Å². The molecule has 1 aromatic heterocycles. The number of nitrogens with one attached hydrogen (secondary N) is 2. The van der Waals surface area contributed by atoms with Crippen molar-refractivity contribution in [2.24, 2.45) is 0 Å². The fourth-order valence-electron chi connectivity index (χ4n) is 2.04. The molecule has 2 aromatic rings. The smallest absolute Gasteiger partial charge is 0.352 e. The number of rotatable bonds is 6. The van der Waals surface area contributed by atoms with Crippen LogP contribution in [0.15, 0.2) is 42.6 Å². The fourth-order valence-corrected chi connectivity index (χ4v) is 2.04. The number of carbonyl (C=O) groups excluding carboxylic acids is 1. The monoisotopic (exact) mass is 337 g/mol. The van der Waals surface area contributed by atoms with Crippen molar-refractivity contribution >= 4 is 17.4 Å². The molecule has 0 bridgehead atoms. The summed E-state index contributed by atoms with van der Waals surface area (Å²) in [5.74, 6) is 0.0652. The maximum atomic E-state index is 12.7. The molecule has 0 aliphatic carbocycles. The van der Waals surface area contributed by atoms with Crippen LogP contribution in [0.1, 0.15) is 35.7 Å². The minimum absolute atomic E-state index is 0.238. The number of nitrogens with zero attached hydrogens (tertiary/aromatic N) is 1. The third-order valence-corrected chi connectivity index (χ3v) is 3.30. The van der Waals surface area contributed by atoms with E-state index in [9.17, 15) is 18.0 Å². The highest BCUT2D eigenvalue weighted by Gasteiger charge is 2.30. The molecule has 1 heterocycles. The van der Waals surface area contributed by atoms with E-state index < -0.39 is 11.7 Å². The number of hydrogen-bond donors (Lipinski definition) is 2. The number of hydrogen-bond acceptors (Lipinski definition) is 3. The van der Waals surface area contributed by atoms with Gasteiger partial charge in [0.25, 0.3) is 5.91 Å². The molecule has 7 heteroatoms. The van der Waals surface area contributed by atoms with E-state index in [1.54, 1.807) is 6.07 Å². The minimum atomic E-state index is -4.41. The van der Waals surface area contributed by atoms with Gasteiger partial charge in [-0.3, -0.25) is 4.79 Å². The summed E-state index contributed by atoms with van der Waals surface area (Å²) >= 11 is 0.